The highest BCUT2D eigenvalue weighted by Crippen LogP contribution is 2.28. The van der Waals surface area contributed by atoms with Crippen molar-refractivity contribution in [2.75, 3.05) is 13.2 Å². The molecule has 9 heteroatoms. The molecule has 4 N–H and O–H groups in total. The highest BCUT2D eigenvalue weighted by Gasteiger charge is 2.09. The number of hydrogen-bond acceptors (Lipinski definition) is 6. The Morgan fingerprint density at radius 3 is 2.97 bits per heavy atom. The molecule has 3 rings (SSSR count). The van der Waals surface area contributed by atoms with Crippen LogP contribution in [0, 0.1) is 6.92 Å². The van der Waals surface area contributed by atoms with Gasteiger partial charge in [0.15, 0.2) is 11.7 Å². The van der Waals surface area contributed by atoms with E-state index in [1.54, 1.807) is 6.07 Å². The number of hydrogen-bond donors (Lipinski definition) is 3. The molecule has 3 aromatic rings. The Labute approximate surface area is 172 Å². The van der Waals surface area contributed by atoms with Gasteiger partial charge in [-0.2, -0.15) is 4.99 Å². The highest BCUT2D eigenvalue weighted by atomic mass is 32.1. The predicted molar refractivity (Wildman–Crippen MR) is 113 cm³/mol. The number of amides is 1. The molecular weight excluding hydrogens is 390 g/mol. The molecule has 0 saturated heterocycles. The number of aromatic nitrogens is 1. The van der Waals surface area contributed by atoms with Crippen LogP contribution < -0.4 is 21.1 Å². The molecule has 0 bridgehead atoms. The van der Waals surface area contributed by atoms with Crippen molar-refractivity contribution >= 4 is 28.3 Å². The SMILES string of the molecule is CC(=O)NCc1ccc(-c2csc(/N=C(\N)NCCOc3cccc(C)c3)n2)o1. The zero-order chi connectivity index (χ0) is 20.6. The monoisotopic (exact) mass is 413 g/mol. The van der Waals surface area contributed by atoms with Crippen molar-refractivity contribution in [2.45, 2.75) is 20.4 Å². The van der Waals surface area contributed by atoms with E-state index in [-0.39, 0.29) is 11.9 Å². The van der Waals surface area contributed by atoms with E-state index in [4.69, 9.17) is 14.9 Å². The van der Waals surface area contributed by atoms with E-state index in [2.05, 4.69) is 20.6 Å². The lowest BCUT2D eigenvalue weighted by Crippen LogP contribution is -2.34. The topological polar surface area (TPSA) is 115 Å². The second-order valence-electron chi connectivity index (χ2n) is 6.28. The molecule has 152 valence electrons. The molecule has 2 heterocycles. The summed E-state index contributed by atoms with van der Waals surface area (Å²) in [5.74, 6) is 2.25. The van der Waals surface area contributed by atoms with Crippen molar-refractivity contribution in [1.29, 1.82) is 0 Å². The molecule has 29 heavy (non-hydrogen) atoms. The minimum Gasteiger partial charge on any atom is -0.492 e. The van der Waals surface area contributed by atoms with Gasteiger partial charge in [0.1, 0.15) is 23.8 Å². The van der Waals surface area contributed by atoms with Gasteiger partial charge in [0.25, 0.3) is 0 Å². The Morgan fingerprint density at radius 2 is 2.17 bits per heavy atom. The van der Waals surface area contributed by atoms with Crippen LogP contribution in [0.1, 0.15) is 18.2 Å². The summed E-state index contributed by atoms with van der Waals surface area (Å²) in [5.41, 5.74) is 7.73. The summed E-state index contributed by atoms with van der Waals surface area (Å²) in [4.78, 5) is 19.7. The fraction of sp³-hybridized carbons (Fsp3) is 0.250. The molecule has 8 nitrogen and oxygen atoms in total. The smallest absolute Gasteiger partial charge is 0.217 e. The van der Waals surface area contributed by atoms with Crippen LogP contribution in [0.3, 0.4) is 0 Å². The van der Waals surface area contributed by atoms with Gasteiger partial charge in [0.05, 0.1) is 13.1 Å². The number of aryl methyl sites for hydroxylation is 1. The number of thiazole rings is 1. The molecule has 0 aliphatic rings. The molecule has 0 fully saturated rings. The number of nitrogens with two attached hydrogens (primary N) is 1. The van der Waals surface area contributed by atoms with Gasteiger partial charge < -0.3 is 25.5 Å². The van der Waals surface area contributed by atoms with E-state index in [1.807, 2.05) is 42.6 Å². The first kappa shape index (κ1) is 20.4. The number of guanidine groups is 1. The average molecular weight is 414 g/mol. The third kappa shape index (κ3) is 6.35. The van der Waals surface area contributed by atoms with Crippen molar-refractivity contribution in [2.24, 2.45) is 10.7 Å². The van der Waals surface area contributed by atoms with Crippen LogP contribution >= 0.6 is 11.3 Å². The first-order valence-electron chi connectivity index (χ1n) is 9.06. The molecule has 2 aromatic heterocycles. The van der Waals surface area contributed by atoms with Gasteiger partial charge in [0, 0.05) is 12.3 Å². The predicted octanol–water partition coefficient (Wildman–Crippen LogP) is 2.96. The largest absolute Gasteiger partial charge is 0.492 e. The fourth-order valence-corrected chi connectivity index (χ4v) is 3.13. The molecule has 1 aromatic carbocycles. The summed E-state index contributed by atoms with van der Waals surface area (Å²) in [6.07, 6.45) is 0. The standard InChI is InChI=1S/C20H23N5O3S/c1-13-4-3-5-15(10-13)27-9-8-22-19(21)25-20-24-17(12-29-20)18-7-6-16(28-18)11-23-14(2)26/h3-7,10,12H,8-9,11H2,1-2H3,(H,23,26)(H3,21,22,24,25). The molecule has 0 spiro atoms. The Hall–Kier alpha value is -3.33. The summed E-state index contributed by atoms with van der Waals surface area (Å²) < 4.78 is 11.3. The first-order valence-corrected chi connectivity index (χ1v) is 9.94. The van der Waals surface area contributed by atoms with E-state index >= 15 is 0 Å². The van der Waals surface area contributed by atoms with Crippen molar-refractivity contribution in [3.8, 4) is 17.2 Å². The average Bonchev–Trinajstić information content (AvgIpc) is 3.33. The number of nitrogens with zero attached hydrogens (tertiary/aromatic N) is 2. The van der Waals surface area contributed by atoms with Gasteiger partial charge in [-0.15, -0.1) is 11.3 Å². The maximum Gasteiger partial charge on any atom is 0.217 e. The van der Waals surface area contributed by atoms with Gasteiger partial charge in [-0.05, 0) is 36.8 Å². The second-order valence-corrected chi connectivity index (χ2v) is 7.12. The van der Waals surface area contributed by atoms with Crippen LogP contribution in [0.25, 0.3) is 11.5 Å². The van der Waals surface area contributed by atoms with Crippen molar-refractivity contribution in [1.82, 2.24) is 15.6 Å². The fourth-order valence-electron chi connectivity index (χ4n) is 2.45. The number of carbonyl (C=O) groups is 1. The Balaban J connectivity index is 1.49. The number of furan rings is 1. The molecule has 0 aliphatic carbocycles. The molecule has 0 unspecified atom stereocenters. The lowest BCUT2D eigenvalue weighted by Gasteiger charge is -2.08. The third-order valence-electron chi connectivity index (χ3n) is 3.80. The van der Waals surface area contributed by atoms with E-state index in [0.29, 0.717) is 42.0 Å². The maximum absolute atomic E-state index is 11.0. The summed E-state index contributed by atoms with van der Waals surface area (Å²) in [6, 6.07) is 11.5. The number of ether oxygens (including phenoxy) is 1. The molecule has 0 atom stereocenters. The van der Waals surface area contributed by atoms with E-state index in [1.165, 1.54) is 18.3 Å². The van der Waals surface area contributed by atoms with Crippen LogP contribution in [-0.2, 0) is 11.3 Å². The first-order chi connectivity index (χ1) is 14.0. The lowest BCUT2D eigenvalue weighted by atomic mass is 10.2. The summed E-state index contributed by atoms with van der Waals surface area (Å²) in [5, 5.41) is 8.05. The minimum atomic E-state index is -0.111. The van der Waals surface area contributed by atoms with Crippen molar-refractivity contribution in [3.05, 3.63) is 53.1 Å². The Bertz CT molecular complexity index is 995. The van der Waals surface area contributed by atoms with Crippen molar-refractivity contribution < 1.29 is 13.9 Å². The van der Waals surface area contributed by atoms with Crippen LogP contribution in [0.2, 0.25) is 0 Å². The lowest BCUT2D eigenvalue weighted by molar-refractivity contribution is -0.119. The maximum atomic E-state index is 11.0. The van der Waals surface area contributed by atoms with Crippen molar-refractivity contribution in [3.63, 3.8) is 0 Å². The Morgan fingerprint density at radius 1 is 1.31 bits per heavy atom. The van der Waals surface area contributed by atoms with Gasteiger partial charge in [-0.1, -0.05) is 12.1 Å². The normalized spacial score (nSPS) is 11.3. The zero-order valence-corrected chi connectivity index (χ0v) is 17.1. The molecule has 0 radical (unpaired) electrons. The van der Waals surface area contributed by atoms with Gasteiger partial charge >= 0.3 is 0 Å². The minimum absolute atomic E-state index is 0.111. The number of carbonyl (C=O) groups excluding carboxylic acids is 1. The van der Waals surface area contributed by atoms with Gasteiger partial charge in [-0.25, -0.2) is 4.98 Å². The Kier molecular flexibility index (Phi) is 6.85. The summed E-state index contributed by atoms with van der Waals surface area (Å²) in [6.45, 7) is 4.80. The van der Waals surface area contributed by atoms with Crippen LogP contribution in [-0.4, -0.2) is 30.0 Å². The van der Waals surface area contributed by atoms with E-state index < -0.39 is 0 Å². The highest BCUT2D eigenvalue weighted by molar-refractivity contribution is 7.13. The quantitative estimate of drug-likeness (QED) is 0.297. The van der Waals surface area contributed by atoms with Crippen LogP contribution in [0.15, 0.2) is 51.2 Å². The second kappa shape index (κ2) is 9.74. The summed E-state index contributed by atoms with van der Waals surface area (Å²) in [7, 11) is 0. The van der Waals surface area contributed by atoms with Crippen LogP contribution in [0.5, 0.6) is 5.75 Å². The van der Waals surface area contributed by atoms with Crippen LogP contribution in [0.4, 0.5) is 5.13 Å². The number of rotatable bonds is 8. The third-order valence-corrected chi connectivity index (χ3v) is 4.53. The van der Waals surface area contributed by atoms with Gasteiger partial charge in [-0.3, -0.25) is 4.79 Å². The number of aliphatic imine (C=N–C) groups is 1. The van der Waals surface area contributed by atoms with E-state index in [9.17, 15) is 4.79 Å². The van der Waals surface area contributed by atoms with Gasteiger partial charge in [0.2, 0.25) is 11.0 Å². The molecule has 1 amide bonds. The molecule has 0 aliphatic heterocycles. The molecule has 0 saturated carbocycles. The number of benzene rings is 1. The molecular formula is C20H23N5O3S. The summed E-state index contributed by atoms with van der Waals surface area (Å²) >= 11 is 1.36. The zero-order valence-electron chi connectivity index (χ0n) is 16.3. The number of nitrogens with one attached hydrogen (secondary N) is 2. The van der Waals surface area contributed by atoms with E-state index in [0.717, 1.165) is 11.3 Å².